The number of aryl methyl sites for hydroxylation is 3. The van der Waals surface area contributed by atoms with Crippen molar-refractivity contribution in [2.45, 2.75) is 62.3 Å². The first-order chi connectivity index (χ1) is 16.4. The van der Waals surface area contributed by atoms with E-state index in [0.717, 1.165) is 33.8 Å². The molecular weight excluding hydrogens is 448 g/mol. The molecule has 0 aliphatic heterocycles. The van der Waals surface area contributed by atoms with Crippen LogP contribution in [0.5, 0.6) is 11.5 Å². The molecule has 2 atom stereocenters. The number of hydrogen-bond donors (Lipinski definition) is 1. The van der Waals surface area contributed by atoms with Crippen molar-refractivity contribution in [3.05, 3.63) is 83.4 Å². The number of ether oxygens (including phenoxy) is 2. The van der Waals surface area contributed by atoms with Crippen LogP contribution in [0, 0.1) is 6.92 Å². The van der Waals surface area contributed by atoms with Crippen molar-refractivity contribution in [1.82, 2.24) is 0 Å². The molecule has 5 nitrogen and oxygen atoms in total. The topological polar surface area (TPSA) is 72.8 Å². The van der Waals surface area contributed by atoms with Gasteiger partial charge in [-0.05, 0) is 79.8 Å². The summed E-state index contributed by atoms with van der Waals surface area (Å²) in [5.41, 5.74) is 3.15. The van der Waals surface area contributed by atoms with Crippen molar-refractivity contribution >= 4 is 16.8 Å². The first-order valence-electron chi connectivity index (χ1n) is 11.6. The minimum atomic E-state index is -1.32. The Bertz CT molecular complexity index is 1130. The molecule has 180 valence electrons. The Kier molecular flexibility index (Phi) is 9.28. The molecule has 0 bridgehead atoms. The fourth-order valence-electron chi connectivity index (χ4n) is 3.58. The Balaban J connectivity index is 1.61. The molecule has 0 spiro atoms. The highest BCUT2D eigenvalue weighted by Gasteiger charge is 2.16. The van der Waals surface area contributed by atoms with Crippen molar-refractivity contribution in [2.24, 2.45) is 0 Å². The fourth-order valence-corrected chi connectivity index (χ4v) is 4.80. The first kappa shape index (κ1) is 25.5. The van der Waals surface area contributed by atoms with E-state index < -0.39 is 16.8 Å². The smallest absolute Gasteiger partial charge is 0.303 e. The van der Waals surface area contributed by atoms with Gasteiger partial charge in [0.15, 0.2) is 0 Å². The zero-order chi connectivity index (χ0) is 24.5. The largest absolute Gasteiger partial charge is 0.493 e. The Morgan fingerprint density at radius 3 is 2.50 bits per heavy atom. The third-order valence-electron chi connectivity index (χ3n) is 5.62. The maximum absolute atomic E-state index is 13.2. The van der Waals surface area contributed by atoms with Gasteiger partial charge in [0.05, 0.1) is 28.4 Å². The molecule has 0 aliphatic carbocycles. The predicted octanol–water partition coefficient (Wildman–Crippen LogP) is 5.98. The molecule has 1 unspecified atom stereocenters. The van der Waals surface area contributed by atoms with Crippen molar-refractivity contribution in [3.8, 4) is 11.5 Å². The summed E-state index contributed by atoms with van der Waals surface area (Å²) in [6.07, 6.45) is 2.02. The highest BCUT2D eigenvalue weighted by molar-refractivity contribution is 7.85. The molecule has 0 saturated heterocycles. The van der Waals surface area contributed by atoms with Crippen molar-refractivity contribution < 1.29 is 23.6 Å². The quantitative estimate of drug-likeness (QED) is 0.345. The number of carboxylic acids is 1. The SMILES string of the molecule is CCc1ccc(O[C@H](C)CCOc2ccc(CCC(=O)O)c(C)c2)c(S(=O)c2ccccc2)c1. The normalized spacial score (nSPS) is 12.7. The number of aliphatic carboxylic acids is 1. The van der Waals surface area contributed by atoms with Crippen LogP contribution < -0.4 is 9.47 Å². The summed E-state index contributed by atoms with van der Waals surface area (Å²) in [4.78, 5) is 12.2. The number of hydrogen-bond acceptors (Lipinski definition) is 4. The van der Waals surface area contributed by atoms with Crippen LogP contribution in [0.2, 0.25) is 0 Å². The number of benzene rings is 3. The van der Waals surface area contributed by atoms with E-state index in [2.05, 4.69) is 6.92 Å². The lowest BCUT2D eigenvalue weighted by Crippen LogP contribution is -2.17. The van der Waals surface area contributed by atoms with Crippen molar-refractivity contribution in [1.29, 1.82) is 0 Å². The van der Waals surface area contributed by atoms with E-state index in [1.807, 2.05) is 80.6 Å². The molecule has 0 aromatic heterocycles. The maximum Gasteiger partial charge on any atom is 0.303 e. The molecule has 0 amide bonds. The highest BCUT2D eigenvalue weighted by Crippen LogP contribution is 2.29. The summed E-state index contributed by atoms with van der Waals surface area (Å²) >= 11 is 0. The standard InChI is InChI=1S/C28H32O5S/c1-4-22-10-14-26(27(19-22)34(31)25-8-6-5-7-9-25)33-21(3)16-17-32-24-13-11-23(20(2)18-24)12-15-28(29)30/h5-11,13-14,18-19,21H,4,12,15-17H2,1-3H3,(H,29,30)/t21-,34?/m1/s1. The van der Waals surface area contributed by atoms with Gasteiger partial charge in [-0.15, -0.1) is 0 Å². The molecule has 0 heterocycles. The van der Waals surface area contributed by atoms with Crippen molar-refractivity contribution in [3.63, 3.8) is 0 Å². The van der Waals surface area contributed by atoms with Crippen LogP contribution in [0.3, 0.4) is 0 Å². The second-order valence-electron chi connectivity index (χ2n) is 8.26. The van der Waals surface area contributed by atoms with Gasteiger partial charge in [-0.3, -0.25) is 4.79 Å². The van der Waals surface area contributed by atoms with Gasteiger partial charge < -0.3 is 14.6 Å². The Morgan fingerprint density at radius 2 is 1.82 bits per heavy atom. The molecule has 3 aromatic rings. The zero-order valence-corrected chi connectivity index (χ0v) is 20.8. The molecule has 34 heavy (non-hydrogen) atoms. The lowest BCUT2D eigenvalue weighted by Gasteiger charge is -2.18. The van der Waals surface area contributed by atoms with E-state index in [0.29, 0.717) is 30.1 Å². The van der Waals surface area contributed by atoms with Gasteiger partial charge in [0, 0.05) is 17.7 Å². The second-order valence-corrected chi connectivity index (χ2v) is 9.71. The van der Waals surface area contributed by atoms with Crippen molar-refractivity contribution in [2.75, 3.05) is 6.61 Å². The van der Waals surface area contributed by atoms with Crippen LogP contribution in [0.15, 0.2) is 76.5 Å². The van der Waals surface area contributed by atoms with E-state index in [9.17, 15) is 9.00 Å². The van der Waals surface area contributed by atoms with Crippen LogP contribution in [0.25, 0.3) is 0 Å². The molecule has 0 fully saturated rings. The monoisotopic (exact) mass is 480 g/mol. The maximum atomic E-state index is 13.2. The fraction of sp³-hybridized carbons (Fsp3) is 0.321. The molecule has 0 aliphatic rings. The average Bonchev–Trinajstić information content (AvgIpc) is 2.83. The van der Waals surface area contributed by atoms with Crippen LogP contribution in [0.4, 0.5) is 0 Å². The van der Waals surface area contributed by atoms with Gasteiger partial charge in [0.2, 0.25) is 0 Å². The predicted molar refractivity (Wildman–Crippen MR) is 134 cm³/mol. The molecule has 6 heteroatoms. The number of rotatable bonds is 12. The zero-order valence-electron chi connectivity index (χ0n) is 20.0. The van der Waals surface area contributed by atoms with Crippen LogP contribution in [-0.4, -0.2) is 28.0 Å². The first-order valence-corrected chi connectivity index (χ1v) is 12.7. The summed E-state index contributed by atoms with van der Waals surface area (Å²) in [6, 6.07) is 21.0. The number of carboxylic acid groups (broad SMARTS) is 1. The van der Waals surface area contributed by atoms with E-state index in [1.165, 1.54) is 0 Å². The van der Waals surface area contributed by atoms with Crippen LogP contribution in [0.1, 0.15) is 43.4 Å². The van der Waals surface area contributed by atoms with Gasteiger partial charge in [-0.2, -0.15) is 0 Å². The minimum absolute atomic E-state index is 0.117. The Labute approximate surface area is 204 Å². The number of carbonyl (C=O) groups is 1. The lowest BCUT2D eigenvalue weighted by molar-refractivity contribution is -0.136. The summed E-state index contributed by atoms with van der Waals surface area (Å²) in [6.45, 7) is 6.49. The van der Waals surface area contributed by atoms with E-state index >= 15 is 0 Å². The Morgan fingerprint density at radius 1 is 1.06 bits per heavy atom. The molecule has 3 aromatic carbocycles. The molecule has 3 rings (SSSR count). The van der Waals surface area contributed by atoms with Gasteiger partial charge in [0.1, 0.15) is 11.5 Å². The van der Waals surface area contributed by atoms with Gasteiger partial charge >= 0.3 is 5.97 Å². The second kappa shape index (κ2) is 12.4. The third kappa shape index (κ3) is 7.19. The average molecular weight is 481 g/mol. The van der Waals surface area contributed by atoms with Gasteiger partial charge in [0.25, 0.3) is 0 Å². The summed E-state index contributed by atoms with van der Waals surface area (Å²) in [5, 5.41) is 8.87. The molecule has 1 N–H and O–H groups in total. The van der Waals surface area contributed by atoms with Crippen LogP contribution in [-0.2, 0) is 28.4 Å². The Hall–Kier alpha value is -3.12. The summed E-state index contributed by atoms with van der Waals surface area (Å²) in [5.74, 6) is 0.585. The van der Waals surface area contributed by atoms with E-state index in [-0.39, 0.29) is 12.5 Å². The van der Waals surface area contributed by atoms with E-state index in [1.54, 1.807) is 0 Å². The summed E-state index contributed by atoms with van der Waals surface area (Å²) in [7, 11) is -1.32. The third-order valence-corrected chi connectivity index (χ3v) is 7.04. The summed E-state index contributed by atoms with van der Waals surface area (Å²) < 4.78 is 25.3. The highest BCUT2D eigenvalue weighted by atomic mass is 32.2. The molecular formula is C28H32O5S. The van der Waals surface area contributed by atoms with Gasteiger partial charge in [-0.1, -0.05) is 37.3 Å². The molecule has 0 saturated carbocycles. The minimum Gasteiger partial charge on any atom is -0.493 e. The van der Waals surface area contributed by atoms with Crippen LogP contribution >= 0.6 is 0 Å². The van der Waals surface area contributed by atoms with Gasteiger partial charge in [-0.25, -0.2) is 4.21 Å². The lowest BCUT2D eigenvalue weighted by atomic mass is 10.0. The molecule has 0 radical (unpaired) electrons. The van der Waals surface area contributed by atoms with E-state index in [4.69, 9.17) is 14.6 Å².